The highest BCUT2D eigenvalue weighted by Crippen LogP contribution is 2.27. The Balaban J connectivity index is 1.76. The minimum atomic E-state index is -0.280. The van der Waals surface area contributed by atoms with Gasteiger partial charge in [0.15, 0.2) is 0 Å². The van der Waals surface area contributed by atoms with Crippen LogP contribution in [0.1, 0.15) is 16.1 Å². The third-order valence-electron chi connectivity index (χ3n) is 4.37. The number of carbonyl (C=O) groups excluding carboxylic acids is 1. The number of benzene rings is 3. The predicted octanol–water partition coefficient (Wildman–Crippen LogP) is 5.85. The maximum atomic E-state index is 13.0. The smallest absolute Gasteiger partial charge is 0.261 e. The van der Waals surface area contributed by atoms with E-state index in [0.29, 0.717) is 22.6 Å². The molecule has 0 aliphatic heterocycles. The number of para-hydroxylation sites is 2. The van der Waals surface area contributed by atoms with Crippen molar-refractivity contribution < 1.29 is 4.79 Å². The topological polar surface area (TPSA) is 71.6 Å². The van der Waals surface area contributed by atoms with Gasteiger partial charge in [-0.2, -0.15) is 0 Å². The molecule has 0 aliphatic rings. The van der Waals surface area contributed by atoms with Gasteiger partial charge in [-0.1, -0.05) is 54.6 Å². The van der Waals surface area contributed by atoms with Crippen LogP contribution in [0, 0.1) is 6.92 Å². The Hall–Kier alpha value is -4.06. The Labute approximate surface area is 168 Å². The Kier molecular flexibility index (Phi) is 5.25. The van der Waals surface area contributed by atoms with Gasteiger partial charge in [0.05, 0.1) is 17.1 Å². The van der Waals surface area contributed by atoms with Gasteiger partial charge < -0.3 is 5.32 Å². The third kappa shape index (κ3) is 4.11. The molecular formula is C23H19N5O. The molecule has 0 fully saturated rings. The number of aromatic nitrogens is 2. The molecule has 1 heterocycles. The largest absolute Gasteiger partial charge is 0.322 e. The first-order valence-corrected chi connectivity index (χ1v) is 9.20. The summed E-state index contributed by atoms with van der Waals surface area (Å²) < 4.78 is 1.71. The Morgan fingerprint density at radius 1 is 0.828 bits per heavy atom. The van der Waals surface area contributed by atoms with Gasteiger partial charge in [-0.3, -0.25) is 4.79 Å². The molecule has 0 atom stereocenters. The molecule has 0 aliphatic carbocycles. The maximum Gasteiger partial charge on any atom is 0.261 e. The summed E-state index contributed by atoms with van der Waals surface area (Å²) in [5.41, 5.74) is 3.31. The summed E-state index contributed by atoms with van der Waals surface area (Å²) in [6.07, 6.45) is 0. The van der Waals surface area contributed by atoms with Gasteiger partial charge in [-0.05, 0) is 43.3 Å². The lowest BCUT2D eigenvalue weighted by molar-refractivity contribution is 0.102. The Bertz CT molecular complexity index is 1140. The fourth-order valence-electron chi connectivity index (χ4n) is 2.96. The second-order valence-electron chi connectivity index (χ2n) is 6.39. The molecule has 3 aromatic carbocycles. The van der Waals surface area contributed by atoms with Crippen molar-refractivity contribution in [1.29, 1.82) is 0 Å². The minimum Gasteiger partial charge on any atom is -0.322 e. The van der Waals surface area contributed by atoms with E-state index in [-0.39, 0.29) is 11.7 Å². The van der Waals surface area contributed by atoms with Crippen molar-refractivity contribution >= 4 is 23.1 Å². The quantitative estimate of drug-likeness (QED) is 0.441. The first kappa shape index (κ1) is 18.3. The minimum absolute atomic E-state index is 0.267. The van der Waals surface area contributed by atoms with E-state index in [1.807, 2.05) is 97.9 Å². The van der Waals surface area contributed by atoms with Crippen LogP contribution in [0.5, 0.6) is 0 Å². The monoisotopic (exact) mass is 381 g/mol. The van der Waals surface area contributed by atoms with Crippen LogP contribution in [0.15, 0.2) is 101 Å². The number of nitrogens with zero attached hydrogens (tertiary/aromatic N) is 4. The van der Waals surface area contributed by atoms with Gasteiger partial charge in [-0.25, -0.2) is 4.68 Å². The normalized spacial score (nSPS) is 10.9. The zero-order valence-electron chi connectivity index (χ0n) is 15.9. The second kappa shape index (κ2) is 8.31. The van der Waals surface area contributed by atoms with Gasteiger partial charge in [-0.15, -0.1) is 15.3 Å². The van der Waals surface area contributed by atoms with E-state index in [1.165, 1.54) is 0 Å². The van der Waals surface area contributed by atoms with E-state index in [9.17, 15) is 4.79 Å². The van der Waals surface area contributed by atoms with Crippen molar-refractivity contribution in [2.24, 2.45) is 10.2 Å². The number of hydrogen-bond acceptors (Lipinski definition) is 4. The number of carbonyl (C=O) groups is 1. The van der Waals surface area contributed by atoms with Crippen LogP contribution >= 0.6 is 0 Å². The first-order chi connectivity index (χ1) is 14.2. The highest BCUT2D eigenvalue weighted by Gasteiger charge is 2.22. The van der Waals surface area contributed by atoms with E-state index < -0.39 is 0 Å². The van der Waals surface area contributed by atoms with Gasteiger partial charge in [0, 0.05) is 5.69 Å². The van der Waals surface area contributed by atoms with Gasteiger partial charge in [0.1, 0.15) is 5.56 Å². The molecular weight excluding hydrogens is 362 g/mol. The fraction of sp³-hybridized carbons (Fsp3) is 0.0435. The summed E-state index contributed by atoms with van der Waals surface area (Å²) >= 11 is 0. The molecule has 1 N–H and O–H groups in total. The van der Waals surface area contributed by atoms with E-state index in [2.05, 4.69) is 20.6 Å². The molecule has 4 rings (SSSR count). The molecule has 4 aromatic rings. The highest BCUT2D eigenvalue weighted by molar-refractivity contribution is 6.08. The van der Waals surface area contributed by atoms with E-state index in [1.54, 1.807) is 4.68 Å². The molecule has 29 heavy (non-hydrogen) atoms. The average molecular weight is 381 g/mol. The zero-order valence-corrected chi connectivity index (χ0v) is 15.9. The summed E-state index contributed by atoms with van der Waals surface area (Å²) in [4.78, 5) is 13.0. The number of hydrogen-bond donors (Lipinski definition) is 1. The summed E-state index contributed by atoms with van der Waals surface area (Å²) in [6.45, 7) is 1.85. The van der Waals surface area contributed by atoms with E-state index in [4.69, 9.17) is 0 Å². The number of rotatable bonds is 5. The molecule has 6 heteroatoms. The van der Waals surface area contributed by atoms with Gasteiger partial charge >= 0.3 is 0 Å². The summed E-state index contributed by atoms with van der Waals surface area (Å²) in [6, 6.07) is 28.3. The SMILES string of the molecule is Cc1c(C(=O)Nc2ccccc2)c(N=Nc2ccccc2)nn1-c1ccccc1. The van der Waals surface area contributed by atoms with Crippen LogP contribution in [0.25, 0.3) is 5.69 Å². The lowest BCUT2D eigenvalue weighted by Gasteiger charge is -2.06. The zero-order chi connectivity index (χ0) is 20.1. The lowest BCUT2D eigenvalue weighted by Crippen LogP contribution is -2.13. The number of nitrogens with one attached hydrogen (secondary N) is 1. The molecule has 1 aromatic heterocycles. The molecule has 1 amide bonds. The molecule has 0 bridgehead atoms. The standard InChI is InChI=1S/C23H19N5O/c1-17-21(23(29)24-18-11-5-2-6-12-18)22(26-25-19-13-7-3-8-14-19)27-28(17)20-15-9-4-10-16-20/h2-16H,1H3,(H,24,29). The van der Waals surface area contributed by atoms with Crippen molar-refractivity contribution in [2.75, 3.05) is 5.32 Å². The Morgan fingerprint density at radius 3 is 2.07 bits per heavy atom. The van der Waals surface area contributed by atoms with Crippen molar-refractivity contribution in [2.45, 2.75) is 6.92 Å². The fourth-order valence-corrected chi connectivity index (χ4v) is 2.96. The van der Waals surface area contributed by atoms with Gasteiger partial charge in [0.2, 0.25) is 5.82 Å². The highest BCUT2D eigenvalue weighted by atomic mass is 16.1. The number of amides is 1. The Morgan fingerprint density at radius 2 is 1.41 bits per heavy atom. The molecule has 6 nitrogen and oxygen atoms in total. The lowest BCUT2D eigenvalue weighted by atomic mass is 10.2. The molecule has 142 valence electrons. The van der Waals surface area contributed by atoms with Crippen molar-refractivity contribution in [3.8, 4) is 5.69 Å². The molecule has 0 radical (unpaired) electrons. The van der Waals surface area contributed by atoms with E-state index >= 15 is 0 Å². The number of azo groups is 1. The second-order valence-corrected chi connectivity index (χ2v) is 6.39. The summed E-state index contributed by atoms with van der Waals surface area (Å²) in [7, 11) is 0. The summed E-state index contributed by atoms with van der Waals surface area (Å²) in [5.74, 6) is -0.0125. The average Bonchev–Trinajstić information content (AvgIpc) is 3.10. The van der Waals surface area contributed by atoms with Crippen LogP contribution in [0.3, 0.4) is 0 Å². The first-order valence-electron chi connectivity index (χ1n) is 9.20. The van der Waals surface area contributed by atoms with Crippen LogP contribution < -0.4 is 5.32 Å². The molecule has 0 unspecified atom stereocenters. The molecule has 0 saturated heterocycles. The molecule has 0 spiro atoms. The molecule has 0 saturated carbocycles. The van der Waals surface area contributed by atoms with Crippen LogP contribution in [0.2, 0.25) is 0 Å². The predicted molar refractivity (Wildman–Crippen MR) is 113 cm³/mol. The van der Waals surface area contributed by atoms with Crippen molar-refractivity contribution in [3.63, 3.8) is 0 Å². The number of anilines is 1. The van der Waals surface area contributed by atoms with Crippen LogP contribution in [0.4, 0.5) is 17.2 Å². The van der Waals surface area contributed by atoms with Crippen LogP contribution in [-0.4, -0.2) is 15.7 Å². The van der Waals surface area contributed by atoms with Crippen molar-refractivity contribution in [3.05, 3.63) is 102 Å². The van der Waals surface area contributed by atoms with Gasteiger partial charge in [0.25, 0.3) is 5.91 Å². The maximum absolute atomic E-state index is 13.0. The van der Waals surface area contributed by atoms with Crippen LogP contribution in [-0.2, 0) is 0 Å². The van der Waals surface area contributed by atoms with Crippen molar-refractivity contribution in [1.82, 2.24) is 9.78 Å². The third-order valence-corrected chi connectivity index (χ3v) is 4.37. The summed E-state index contributed by atoms with van der Waals surface area (Å²) in [5, 5.41) is 16.0. The van der Waals surface area contributed by atoms with E-state index in [0.717, 1.165) is 5.69 Å².